The lowest BCUT2D eigenvalue weighted by atomic mass is 10.0. The number of anilines is 1. The van der Waals surface area contributed by atoms with Crippen LogP contribution < -0.4 is 9.64 Å². The number of phenols is 1. The van der Waals surface area contributed by atoms with Crippen molar-refractivity contribution in [1.29, 1.82) is 0 Å². The number of rotatable bonds is 6. The van der Waals surface area contributed by atoms with Crippen molar-refractivity contribution in [3.05, 3.63) is 63.7 Å². The van der Waals surface area contributed by atoms with Gasteiger partial charge in [-0.3, -0.25) is 9.59 Å². The van der Waals surface area contributed by atoms with Crippen LogP contribution in [-0.4, -0.2) is 61.5 Å². The molecular formula is C24H28ClN3O4. The normalized spacial score (nSPS) is 13.0. The molecular weight excluding hydrogens is 430 g/mol. The second-order valence-corrected chi connectivity index (χ2v) is 8.50. The van der Waals surface area contributed by atoms with E-state index in [1.165, 1.54) is 19.2 Å². The van der Waals surface area contributed by atoms with Crippen LogP contribution in [0.3, 0.4) is 0 Å². The fourth-order valence-electron chi connectivity index (χ4n) is 3.81. The van der Waals surface area contributed by atoms with E-state index in [1.54, 1.807) is 22.9 Å². The summed E-state index contributed by atoms with van der Waals surface area (Å²) in [5, 5.41) is 10.6. The summed E-state index contributed by atoms with van der Waals surface area (Å²) in [6.45, 7) is 3.32. The maximum absolute atomic E-state index is 13.2. The molecule has 1 aliphatic heterocycles. The molecule has 0 fully saturated rings. The molecule has 0 unspecified atom stereocenters. The Hall–Kier alpha value is -3.03. The first kappa shape index (κ1) is 23.6. The van der Waals surface area contributed by atoms with Crippen LogP contribution >= 0.6 is 11.6 Å². The smallest absolute Gasteiger partial charge is 0.258 e. The average Bonchev–Trinajstić information content (AvgIpc) is 3.17. The number of halogens is 1. The topological polar surface area (TPSA) is 73.3 Å². The van der Waals surface area contributed by atoms with Crippen LogP contribution in [0.15, 0.2) is 36.4 Å². The minimum Gasteiger partial charge on any atom is -0.507 e. The highest BCUT2D eigenvalue weighted by molar-refractivity contribution is 6.32. The molecule has 1 aliphatic rings. The van der Waals surface area contributed by atoms with E-state index in [1.807, 2.05) is 44.1 Å². The van der Waals surface area contributed by atoms with Gasteiger partial charge in [0.1, 0.15) is 11.5 Å². The molecule has 32 heavy (non-hydrogen) atoms. The van der Waals surface area contributed by atoms with E-state index >= 15 is 0 Å². The molecule has 0 saturated carbocycles. The van der Waals surface area contributed by atoms with Crippen molar-refractivity contribution < 1.29 is 19.4 Å². The van der Waals surface area contributed by atoms with Gasteiger partial charge in [-0.05, 0) is 38.2 Å². The number of aromatic hydroxyl groups is 1. The fourth-order valence-corrected chi connectivity index (χ4v) is 4.05. The van der Waals surface area contributed by atoms with Crippen LogP contribution in [0.25, 0.3) is 0 Å². The quantitative estimate of drug-likeness (QED) is 0.671. The molecule has 0 atom stereocenters. The number of methoxy groups -OCH3 is 1. The van der Waals surface area contributed by atoms with E-state index in [2.05, 4.69) is 0 Å². The lowest BCUT2D eigenvalue weighted by Crippen LogP contribution is -2.28. The van der Waals surface area contributed by atoms with Crippen LogP contribution in [0.4, 0.5) is 5.69 Å². The van der Waals surface area contributed by atoms with E-state index in [9.17, 15) is 14.7 Å². The van der Waals surface area contributed by atoms with E-state index in [0.717, 1.165) is 22.4 Å². The first-order chi connectivity index (χ1) is 15.1. The number of aryl methyl sites for hydroxylation is 1. The molecule has 0 aromatic heterocycles. The lowest BCUT2D eigenvalue weighted by Gasteiger charge is -2.22. The molecule has 8 heteroatoms. The summed E-state index contributed by atoms with van der Waals surface area (Å²) in [7, 11) is 7.05. The van der Waals surface area contributed by atoms with Gasteiger partial charge < -0.3 is 24.5 Å². The van der Waals surface area contributed by atoms with Crippen LogP contribution in [0, 0.1) is 6.92 Å². The SMILES string of the molecule is COc1cc(O)c(C(=O)N2Cc3ccc(C)c(N(C)C(=O)/C=C/CN(C)C)c3C2)cc1Cl. The number of ether oxygens (including phenoxy) is 1. The lowest BCUT2D eigenvalue weighted by molar-refractivity contribution is -0.113. The maximum atomic E-state index is 13.2. The molecule has 3 rings (SSSR count). The summed E-state index contributed by atoms with van der Waals surface area (Å²) in [6, 6.07) is 6.68. The van der Waals surface area contributed by atoms with E-state index < -0.39 is 0 Å². The van der Waals surface area contributed by atoms with Crippen molar-refractivity contribution in [2.45, 2.75) is 20.0 Å². The van der Waals surface area contributed by atoms with Gasteiger partial charge in [-0.1, -0.05) is 29.8 Å². The van der Waals surface area contributed by atoms with E-state index in [4.69, 9.17) is 16.3 Å². The molecule has 2 aromatic carbocycles. The van der Waals surface area contributed by atoms with Gasteiger partial charge in [0.25, 0.3) is 5.91 Å². The summed E-state index contributed by atoms with van der Waals surface area (Å²) in [6.07, 6.45) is 3.39. The zero-order valence-electron chi connectivity index (χ0n) is 19.0. The molecule has 2 amide bonds. The van der Waals surface area contributed by atoms with Gasteiger partial charge in [0.05, 0.1) is 23.4 Å². The second kappa shape index (κ2) is 9.63. The minimum atomic E-state index is -0.341. The Morgan fingerprint density at radius 2 is 1.94 bits per heavy atom. The number of phenolic OH excluding ortho intramolecular Hbond substituents is 1. The van der Waals surface area contributed by atoms with Crippen LogP contribution in [0.1, 0.15) is 27.0 Å². The summed E-state index contributed by atoms with van der Waals surface area (Å²) in [4.78, 5) is 31.1. The monoisotopic (exact) mass is 457 g/mol. The summed E-state index contributed by atoms with van der Waals surface area (Å²) < 4.78 is 5.09. The van der Waals surface area contributed by atoms with Gasteiger partial charge in [0.2, 0.25) is 5.91 Å². The first-order valence-electron chi connectivity index (χ1n) is 10.2. The highest BCUT2D eigenvalue weighted by Gasteiger charge is 2.30. The number of nitrogens with zero attached hydrogens (tertiary/aromatic N) is 3. The summed E-state index contributed by atoms with van der Waals surface area (Å²) in [5.41, 5.74) is 3.75. The molecule has 1 heterocycles. The molecule has 0 bridgehead atoms. The summed E-state index contributed by atoms with van der Waals surface area (Å²) >= 11 is 6.16. The Kier molecular flexibility index (Phi) is 7.11. The Bertz CT molecular complexity index is 1080. The maximum Gasteiger partial charge on any atom is 0.258 e. The van der Waals surface area contributed by atoms with Crippen LogP contribution in [0.5, 0.6) is 11.5 Å². The van der Waals surface area contributed by atoms with Gasteiger partial charge in [0.15, 0.2) is 0 Å². The van der Waals surface area contributed by atoms with Gasteiger partial charge in [-0.15, -0.1) is 0 Å². The number of benzene rings is 2. The molecule has 0 radical (unpaired) electrons. The van der Waals surface area contributed by atoms with Crippen molar-refractivity contribution >= 4 is 29.1 Å². The highest BCUT2D eigenvalue weighted by atomic mass is 35.5. The van der Waals surface area contributed by atoms with E-state index in [-0.39, 0.29) is 28.1 Å². The Labute approximate surface area is 193 Å². The predicted octanol–water partition coefficient (Wildman–Crippen LogP) is 3.60. The van der Waals surface area contributed by atoms with Crippen molar-refractivity contribution in [3.63, 3.8) is 0 Å². The highest BCUT2D eigenvalue weighted by Crippen LogP contribution is 2.37. The molecule has 0 spiro atoms. The molecule has 1 N–H and O–H groups in total. The number of likely N-dealkylation sites (N-methyl/N-ethyl adjacent to an activating group) is 2. The van der Waals surface area contributed by atoms with E-state index in [0.29, 0.717) is 25.4 Å². The van der Waals surface area contributed by atoms with Crippen LogP contribution in [-0.2, 0) is 17.9 Å². The Morgan fingerprint density at radius 1 is 1.22 bits per heavy atom. The molecule has 0 saturated heterocycles. The number of hydrogen-bond acceptors (Lipinski definition) is 5. The molecule has 7 nitrogen and oxygen atoms in total. The number of hydrogen-bond donors (Lipinski definition) is 1. The third-order valence-electron chi connectivity index (χ3n) is 5.48. The zero-order chi connectivity index (χ0) is 23.6. The first-order valence-corrected chi connectivity index (χ1v) is 10.6. The third kappa shape index (κ3) is 4.74. The Balaban J connectivity index is 1.87. The largest absolute Gasteiger partial charge is 0.507 e. The van der Waals surface area contributed by atoms with Crippen LogP contribution in [0.2, 0.25) is 5.02 Å². The fraction of sp³-hybridized carbons (Fsp3) is 0.333. The number of carbonyl (C=O) groups excluding carboxylic acids is 2. The summed E-state index contributed by atoms with van der Waals surface area (Å²) in [5.74, 6) is -0.368. The number of fused-ring (bicyclic) bond motifs is 1. The molecule has 170 valence electrons. The average molecular weight is 458 g/mol. The van der Waals surface area contributed by atoms with Gasteiger partial charge in [-0.2, -0.15) is 0 Å². The predicted molar refractivity (Wildman–Crippen MR) is 126 cm³/mol. The molecule has 2 aromatic rings. The van der Waals surface area contributed by atoms with Crippen molar-refractivity contribution in [2.75, 3.05) is 39.7 Å². The van der Waals surface area contributed by atoms with Gasteiger partial charge in [0, 0.05) is 44.4 Å². The molecule has 0 aliphatic carbocycles. The van der Waals surface area contributed by atoms with Crippen molar-refractivity contribution in [1.82, 2.24) is 9.80 Å². The minimum absolute atomic E-state index is 0.109. The number of carbonyl (C=O) groups is 2. The third-order valence-corrected chi connectivity index (χ3v) is 5.77. The number of amides is 2. The standard InChI is InChI=1S/C24H28ClN3O4/c1-15-8-9-16-13-28(24(31)17-11-19(25)21(32-5)12-20(17)29)14-18(16)23(15)27(4)22(30)7-6-10-26(2)3/h6-9,11-12,29H,10,13-14H2,1-5H3/b7-6+. The van der Waals surface area contributed by atoms with Crippen molar-refractivity contribution in [3.8, 4) is 11.5 Å². The van der Waals surface area contributed by atoms with Crippen molar-refractivity contribution in [2.24, 2.45) is 0 Å². The zero-order valence-corrected chi connectivity index (χ0v) is 19.7. The van der Waals surface area contributed by atoms with Gasteiger partial charge in [-0.25, -0.2) is 0 Å². The van der Waals surface area contributed by atoms with Gasteiger partial charge >= 0.3 is 0 Å². The second-order valence-electron chi connectivity index (χ2n) is 8.10. The Morgan fingerprint density at radius 3 is 2.59 bits per heavy atom.